The Bertz CT molecular complexity index is 1350. The second-order valence-electron chi connectivity index (χ2n) is 7.24. The van der Waals surface area contributed by atoms with Crippen molar-refractivity contribution in [3.63, 3.8) is 0 Å². The third-order valence-corrected chi connectivity index (χ3v) is 4.69. The quantitative estimate of drug-likeness (QED) is 0.349. The fourth-order valence-corrected chi connectivity index (χ4v) is 2.97. The summed E-state index contributed by atoms with van der Waals surface area (Å²) in [5.41, 5.74) is -0.541. The molecule has 0 bridgehead atoms. The van der Waals surface area contributed by atoms with Crippen molar-refractivity contribution >= 4 is 29.1 Å². The van der Waals surface area contributed by atoms with Gasteiger partial charge in [0.2, 0.25) is 5.76 Å². The first-order chi connectivity index (χ1) is 16.7. The Morgan fingerprint density at radius 2 is 1.86 bits per heavy atom. The largest absolute Gasteiger partial charge is 0.416 e. The van der Waals surface area contributed by atoms with E-state index in [9.17, 15) is 22.8 Å². The molecule has 0 aliphatic carbocycles. The number of Topliss-reactive ketones (excluding diaryl/α,β-unsaturated/α-hetero) is 1. The predicted molar refractivity (Wildman–Crippen MR) is 113 cm³/mol. The number of carbonyl (C=O) groups is 2. The fourth-order valence-electron chi connectivity index (χ4n) is 2.97. The van der Waals surface area contributed by atoms with Crippen molar-refractivity contribution in [3.05, 3.63) is 71.3 Å². The van der Waals surface area contributed by atoms with Crippen molar-refractivity contribution in [1.82, 2.24) is 25.3 Å². The van der Waals surface area contributed by atoms with Gasteiger partial charge in [-0.3, -0.25) is 9.59 Å². The minimum absolute atomic E-state index is 0.00245. The highest BCUT2D eigenvalue weighted by molar-refractivity contribution is 6.01. The van der Waals surface area contributed by atoms with E-state index in [1.165, 1.54) is 31.6 Å². The zero-order valence-electron chi connectivity index (χ0n) is 18.0. The molecule has 0 aromatic carbocycles. The van der Waals surface area contributed by atoms with Gasteiger partial charge in [-0.15, -0.1) is 0 Å². The number of carbonyl (C=O) groups excluding carboxylic acids is 2. The molecule has 4 heterocycles. The van der Waals surface area contributed by atoms with Gasteiger partial charge in [0.15, 0.2) is 11.6 Å². The van der Waals surface area contributed by atoms with Gasteiger partial charge >= 0.3 is 6.18 Å². The van der Waals surface area contributed by atoms with E-state index in [4.69, 9.17) is 9.05 Å². The number of aromatic nitrogens is 5. The van der Waals surface area contributed by atoms with Crippen LogP contribution in [0.4, 0.5) is 30.6 Å². The monoisotopic (exact) mass is 487 g/mol. The summed E-state index contributed by atoms with van der Waals surface area (Å²) in [6.07, 6.45) is -0.851. The molecule has 0 aliphatic rings. The maximum absolute atomic E-state index is 13.1. The van der Waals surface area contributed by atoms with E-state index in [0.717, 1.165) is 12.3 Å². The Kier molecular flexibility index (Phi) is 6.53. The summed E-state index contributed by atoms with van der Waals surface area (Å²) in [5.74, 6) is -0.932. The Hall–Kier alpha value is -4.62. The van der Waals surface area contributed by atoms with Crippen LogP contribution in [0.15, 0.2) is 52.1 Å². The van der Waals surface area contributed by atoms with Crippen molar-refractivity contribution in [2.75, 3.05) is 10.6 Å². The van der Waals surface area contributed by atoms with E-state index in [-0.39, 0.29) is 41.5 Å². The normalized spacial score (nSPS) is 11.3. The van der Waals surface area contributed by atoms with Crippen LogP contribution in [0.2, 0.25) is 0 Å². The first kappa shape index (κ1) is 23.5. The van der Waals surface area contributed by atoms with Gasteiger partial charge in [0.1, 0.15) is 29.9 Å². The lowest BCUT2D eigenvalue weighted by Crippen LogP contribution is -2.14. The molecule has 0 fully saturated rings. The predicted octanol–water partition coefficient (Wildman–Crippen LogP) is 3.99. The third kappa shape index (κ3) is 5.85. The van der Waals surface area contributed by atoms with Crippen LogP contribution < -0.4 is 10.6 Å². The summed E-state index contributed by atoms with van der Waals surface area (Å²) in [7, 11) is 0. The average Bonchev–Trinajstić information content (AvgIpc) is 3.50. The lowest BCUT2D eigenvalue weighted by Gasteiger charge is -2.11. The molecule has 0 atom stereocenters. The zero-order chi connectivity index (χ0) is 25.0. The van der Waals surface area contributed by atoms with E-state index >= 15 is 0 Å². The number of nitrogens with zero attached hydrogens (tertiary/aromatic N) is 5. The summed E-state index contributed by atoms with van der Waals surface area (Å²) in [6.45, 7) is 1.26. The number of halogens is 3. The van der Waals surface area contributed by atoms with Crippen molar-refractivity contribution in [2.24, 2.45) is 0 Å². The van der Waals surface area contributed by atoms with Crippen LogP contribution in [0.25, 0.3) is 0 Å². The lowest BCUT2D eigenvalue weighted by molar-refractivity contribution is -0.138. The summed E-state index contributed by atoms with van der Waals surface area (Å²) in [5, 5.41) is 12.5. The minimum atomic E-state index is -4.59. The molecule has 14 heteroatoms. The van der Waals surface area contributed by atoms with Crippen LogP contribution in [-0.4, -0.2) is 37.0 Å². The number of alkyl halides is 3. The van der Waals surface area contributed by atoms with Crippen LogP contribution in [0.5, 0.6) is 0 Å². The first-order valence-electron chi connectivity index (χ1n) is 10.0. The smallest absolute Gasteiger partial charge is 0.363 e. The zero-order valence-corrected chi connectivity index (χ0v) is 18.0. The third-order valence-electron chi connectivity index (χ3n) is 4.69. The molecule has 4 aromatic rings. The number of pyridine rings is 1. The molecule has 35 heavy (non-hydrogen) atoms. The Balaban J connectivity index is 1.35. The van der Waals surface area contributed by atoms with Gasteiger partial charge in [-0.05, 0) is 18.6 Å². The van der Waals surface area contributed by atoms with Crippen LogP contribution in [0.1, 0.15) is 44.3 Å². The number of hydrogen-bond donors (Lipinski definition) is 2. The van der Waals surface area contributed by atoms with Crippen LogP contribution >= 0.6 is 0 Å². The molecule has 0 aliphatic heterocycles. The number of anilines is 3. The number of rotatable bonds is 8. The molecule has 0 saturated carbocycles. The van der Waals surface area contributed by atoms with E-state index < -0.39 is 17.6 Å². The summed E-state index contributed by atoms with van der Waals surface area (Å²) < 4.78 is 48.8. The van der Waals surface area contributed by atoms with E-state index in [2.05, 4.69) is 35.9 Å². The highest BCUT2D eigenvalue weighted by Gasteiger charge is 2.33. The molecule has 1 amide bonds. The molecule has 180 valence electrons. The molecule has 2 N–H and O–H groups in total. The second kappa shape index (κ2) is 9.70. The molecule has 0 radical (unpaired) electrons. The van der Waals surface area contributed by atoms with Crippen LogP contribution in [0, 0.1) is 6.92 Å². The molecule has 0 spiro atoms. The van der Waals surface area contributed by atoms with Crippen molar-refractivity contribution < 1.29 is 31.8 Å². The molecule has 11 nitrogen and oxygen atoms in total. The highest BCUT2D eigenvalue weighted by atomic mass is 19.4. The lowest BCUT2D eigenvalue weighted by atomic mass is 10.1. The number of hydrogen-bond acceptors (Lipinski definition) is 10. The minimum Gasteiger partial charge on any atom is -0.363 e. The van der Waals surface area contributed by atoms with Gasteiger partial charge < -0.3 is 19.7 Å². The average molecular weight is 487 g/mol. The van der Waals surface area contributed by atoms with E-state index in [1.807, 2.05) is 0 Å². The molecular weight excluding hydrogens is 471 g/mol. The van der Waals surface area contributed by atoms with Gasteiger partial charge in [0.05, 0.1) is 11.3 Å². The molecule has 4 rings (SSSR count). The van der Waals surface area contributed by atoms with Crippen molar-refractivity contribution in [1.29, 1.82) is 0 Å². The topological polar surface area (TPSA) is 149 Å². The highest BCUT2D eigenvalue weighted by Crippen LogP contribution is 2.32. The number of ketones is 1. The van der Waals surface area contributed by atoms with Crippen LogP contribution in [-0.2, 0) is 12.6 Å². The van der Waals surface area contributed by atoms with Gasteiger partial charge in [-0.25, -0.2) is 15.0 Å². The molecular formula is C21H16F3N7O4. The van der Waals surface area contributed by atoms with Gasteiger partial charge in [-0.1, -0.05) is 10.3 Å². The van der Waals surface area contributed by atoms with Gasteiger partial charge in [0.25, 0.3) is 5.91 Å². The van der Waals surface area contributed by atoms with E-state index in [1.54, 1.807) is 6.07 Å². The van der Waals surface area contributed by atoms with Crippen LogP contribution in [0.3, 0.4) is 0 Å². The molecule has 4 aromatic heterocycles. The van der Waals surface area contributed by atoms with Crippen molar-refractivity contribution in [3.8, 4) is 0 Å². The number of nitrogens with one attached hydrogen (secondary N) is 2. The second-order valence-corrected chi connectivity index (χ2v) is 7.24. The fraction of sp³-hybridized carbons (Fsp3) is 0.190. The standard InChI is InChI=1S/C21H16F3N7O4/c1-11-9-25-18(7-13(11)21(22,23)24)29-20(33)16-6-12(30-35-16)2-3-15(32)14-8-19(27-10-26-14)28-17-4-5-34-31-17/h4-10H,2-3H2,1H3,(H,25,29,33)(H,26,27,28,31). The van der Waals surface area contributed by atoms with Gasteiger partial charge in [-0.2, -0.15) is 13.2 Å². The SMILES string of the molecule is Cc1cnc(NC(=O)c2cc(CCC(=O)c3cc(Nc4ccon4)ncn3)no2)cc1C(F)(F)F. The molecule has 0 unspecified atom stereocenters. The number of amides is 1. The number of aryl methyl sites for hydroxylation is 2. The summed E-state index contributed by atoms with van der Waals surface area (Å²) in [4.78, 5) is 36.6. The first-order valence-corrected chi connectivity index (χ1v) is 10.0. The Morgan fingerprint density at radius 1 is 1.03 bits per heavy atom. The van der Waals surface area contributed by atoms with E-state index in [0.29, 0.717) is 17.3 Å². The van der Waals surface area contributed by atoms with Gasteiger partial charge in [0, 0.05) is 37.2 Å². The Labute approximate surface area is 194 Å². The maximum Gasteiger partial charge on any atom is 0.416 e. The summed E-state index contributed by atoms with van der Waals surface area (Å²) in [6, 6.07) is 5.05. The summed E-state index contributed by atoms with van der Waals surface area (Å²) >= 11 is 0. The Morgan fingerprint density at radius 3 is 2.60 bits per heavy atom. The maximum atomic E-state index is 13.1. The van der Waals surface area contributed by atoms with Crippen molar-refractivity contribution in [2.45, 2.75) is 25.9 Å². The molecule has 0 saturated heterocycles.